The van der Waals surface area contributed by atoms with Gasteiger partial charge in [0.25, 0.3) is 0 Å². The number of carbonyl (C=O) groups is 1. The fraction of sp³-hybridized carbons (Fsp3) is 0.280. The lowest BCUT2D eigenvalue weighted by atomic mass is 10.0. The van der Waals surface area contributed by atoms with E-state index in [4.69, 9.17) is 16.6 Å². The first-order valence-electron chi connectivity index (χ1n) is 11.3. The van der Waals surface area contributed by atoms with Crippen molar-refractivity contribution in [2.24, 2.45) is 0 Å². The molecule has 0 saturated heterocycles. The predicted molar refractivity (Wildman–Crippen MR) is 139 cm³/mol. The van der Waals surface area contributed by atoms with E-state index in [2.05, 4.69) is 31.2 Å². The minimum Gasteiger partial charge on any atom is -0.476 e. The molecule has 36 heavy (non-hydrogen) atoms. The summed E-state index contributed by atoms with van der Waals surface area (Å²) in [4.78, 5) is 33.3. The summed E-state index contributed by atoms with van der Waals surface area (Å²) in [5.41, 5.74) is 4.51. The van der Waals surface area contributed by atoms with Crippen molar-refractivity contribution in [2.75, 3.05) is 16.8 Å². The molecule has 0 radical (unpaired) electrons. The highest BCUT2D eigenvalue weighted by Gasteiger charge is 2.25. The predicted octanol–water partition coefficient (Wildman–Crippen LogP) is 5.06. The number of nitrogens with zero attached hydrogens (tertiary/aromatic N) is 6. The molecule has 2 N–H and O–H groups in total. The smallest absolute Gasteiger partial charge is 0.356 e. The lowest BCUT2D eigenvalue weighted by molar-refractivity contribution is 0.0691. The Labute approximate surface area is 216 Å². The topological polar surface area (TPSA) is 128 Å². The molecule has 0 saturated carbocycles. The van der Waals surface area contributed by atoms with Gasteiger partial charge < -0.3 is 15.3 Å². The van der Waals surface area contributed by atoms with Crippen LogP contribution in [0.2, 0.25) is 5.15 Å². The van der Waals surface area contributed by atoms with E-state index < -0.39 is 5.97 Å². The molecule has 0 aliphatic carbocycles. The summed E-state index contributed by atoms with van der Waals surface area (Å²) in [6.45, 7) is 7.15. The number of thiazole rings is 1. The van der Waals surface area contributed by atoms with Crippen LogP contribution in [0.1, 0.15) is 55.9 Å². The zero-order valence-electron chi connectivity index (χ0n) is 19.8. The van der Waals surface area contributed by atoms with Crippen LogP contribution >= 0.6 is 22.9 Å². The van der Waals surface area contributed by atoms with Gasteiger partial charge in [0.15, 0.2) is 17.2 Å². The first kappa shape index (κ1) is 23.9. The van der Waals surface area contributed by atoms with Gasteiger partial charge in [0.1, 0.15) is 11.2 Å². The number of nitriles is 1. The van der Waals surface area contributed by atoms with E-state index in [1.54, 1.807) is 23.5 Å². The summed E-state index contributed by atoms with van der Waals surface area (Å²) >= 11 is 7.62. The molecule has 1 aromatic carbocycles. The molecule has 5 rings (SSSR count). The number of aryl methyl sites for hydroxylation is 2. The van der Waals surface area contributed by atoms with E-state index in [9.17, 15) is 15.2 Å². The molecule has 4 aromatic rings. The Morgan fingerprint density at radius 3 is 2.81 bits per heavy atom. The quantitative estimate of drug-likeness (QED) is 0.348. The van der Waals surface area contributed by atoms with Gasteiger partial charge in [0.2, 0.25) is 0 Å². The van der Waals surface area contributed by atoms with Gasteiger partial charge in [-0.25, -0.2) is 24.7 Å². The number of aromatic carboxylic acids is 1. The molecule has 4 heterocycles. The maximum absolute atomic E-state index is 11.7. The third-order valence-corrected chi connectivity index (χ3v) is 7.35. The minimum atomic E-state index is -1.18. The zero-order chi connectivity index (χ0) is 25.6. The average Bonchev–Trinajstić information content (AvgIpc) is 3.22. The number of halogens is 1. The van der Waals surface area contributed by atoms with Gasteiger partial charge >= 0.3 is 5.97 Å². The molecule has 182 valence electrons. The van der Waals surface area contributed by atoms with Crippen molar-refractivity contribution in [3.63, 3.8) is 0 Å². The molecule has 1 aliphatic heterocycles. The van der Waals surface area contributed by atoms with E-state index in [1.165, 1.54) is 4.88 Å². The molecule has 0 fully saturated rings. The molecule has 11 heteroatoms. The molecule has 0 bridgehead atoms. The van der Waals surface area contributed by atoms with Crippen LogP contribution < -0.4 is 10.2 Å². The Morgan fingerprint density at radius 1 is 1.25 bits per heavy atom. The van der Waals surface area contributed by atoms with E-state index >= 15 is 0 Å². The first-order valence-corrected chi connectivity index (χ1v) is 12.5. The highest BCUT2D eigenvalue weighted by molar-refractivity contribution is 7.11. The van der Waals surface area contributed by atoms with Crippen LogP contribution in [-0.4, -0.2) is 37.6 Å². The zero-order valence-corrected chi connectivity index (χ0v) is 21.4. The summed E-state index contributed by atoms with van der Waals surface area (Å²) in [5, 5.41) is 23.8. The standard InChI is InChI=1S/C25H22ClN7O2S/c1-12-8-15(13(2)28-16-4-5-21(26)31-23(16)25(34)35)22-17(9-12)30-18(10-27)24(32-22)33-7-6-20-19(11-33)29-14(3)36-20/h4-5,8-9,13,28H,6-7,11H2,1-3H3,(H,34,35)/t13-/m1/s1. The van der Waals surface area contributed by atoms with Crippen LogP contribution in [0.5, 0.6) is 0 Å². The summed E-state index contributed by atoms with van der Waals surface area (Å²) in [5.74, 6) is -0.651. The normalized spacial score (nSPS) is 13.8. The maximum atomic E-state index is 11.7. The third kappa shape index (κ3) is 4.43. The Bertz CT molecular complexity index is 1560. The fourth-order valence-corrected chi connectivity index (χ4v) is 5.56. The van der Waals surface area contributed by atoms with Crippen LogP contribution in [0.4, 0.5) is 11.5 Å². The second kappa shape index (κ2) is 9.33. The Balaban J connectivity index is 1.57. The molecule has 1 aliphatic rings. The van der Waals surface area contributed by atoms with Crippen molar-refractivity contribution in [1.29, 1.82) is 5.26 Å². The van der Waals surface area contributed by atoms with E-state index in [1.807, 2.05) is 32.9 Å². The lowest BCUT2D eigenvalue weighted by Gasteiger charge is -2.28. The fourth-order valence-electron chi connectivity index (χ4n) is 4.48. The molecule has 0 amide bonds. The Hall–Kier alpha value is -3.81. The number of benzene rings is 1. The number of rotatable bonds is 5. The molecule has 3 aromatic heterocycles. The first-order chi connectivity index (χ1) is 17.2. The second-order valence-corrected chi connectivity index (χ2v) is 10.4. The number of hydrogen-bond donors (Lipinski definition) is 2. The number of carboxylic acids is 1. The van der Waals surface area contributed by atoms with Crippen molar-refractivity contribution in [3.8, 4) is 6.07 Å². The van der Waals surface area contributed by atoms with Gasteiger partial charge in [-0.15, -0.1) is 11.3 Å². The van der Waals surface area contributed by atoms with Crippen molar-refractivity contribution in [1.82, 2.24) is 19.9 Å². The minimum absolute atomic E-state index is 0.103. The van der Waals surface area contributed by atoms with Crippen molar-refractivity contribution in [3.05, 3.63) is 67.5 Å². The molecule has 1 atom stereocenters. The summed E-state index contributed by atoms with van der Waals surface area (Å²) < 4.78 is 0. The van der Waals surface area contributed by atoms with Gasteiger partial charge in [0, 0.05) is 23.4 Å². The Kier molecular flexibility index (Phi) is 6.20. The number of pyridine rings is 1. The van der Waals surface area contributed by atoms with Gasteiger partial charge in [-0.1, -0.05) is 17.7 Å². The summed E-state index contributed by atoms with van der Waals surface area (Å²) in [6, 6.07) is 8.90. The monoisotopic (exact) mass is 519 g/mol. The van der Waals surface area contributed by atoms with E-state index in [0.717, 1.165) is 34.8 Å². The highest BCUT2D eigenvalue weighted by Crippen LogP contribution is 2.33. The number of aromatic nitrogens is 4. The number of hydrogen-bond acceptors (Lipinski definition) is 9. The van der Waals surface area contributed by atoms with Crippen LogP contribution in [0, 0.1) is 25.2 Å². The molecule has 0 unspecified atom stereocenters. The summed E-state index contributed by atoms with van der Waals surface area (Å²) in [7, 11) is 0. The van der Waals surface area contributed by atoms with Crippen molar-refractivity contribution >= 4 is 51.4 Å². The van der Waals surface area contributed by atoms with Crippen molar-refractivity contribution < 1.29 is 9.90 Å². The molecule has 0 spiro atoms. The largest absolute Gasteiger partial charge is 0.476 e. The van der Waals surface area contributed by atoms with Gasteiger partial charge in [0.05, 0.1) is 40.0 Å². The SMILES string of the molecule is Cc1cc([C@@H](C)Nc2ccc(Cl)nc2C(=O)O)c2nc(N3CCc4sc(C)nc4C3)c(C#N)nc2c1. The highest BCUT2D eigenvalue weighted by atomic mass is 35.5. The second-order valence-electron chi connectivity index (χ2n) is 8.71. The van der Waals surface area contributed by atoms with Crippen LogP contribution in [0.25, 0.3) is 11.0 Å². The van der Waals surface area contributed by atoms with Crippen LogP contribution in [-0.2, 0) is 13.0 Å². The average molecular weight is 520 g/mol. The van der Waals surface area contributed by atoms with Crippen LogP contribution in [0.3, 0.4) is 0 Å². The molecular formula is C25H22ClN7O2S. The van der Waals surface area contributed by atoms with E-state index in [-0.39, 0.29) is 22.6 Å². The molecule has 9 nitrogen and oxygen atoms in total. The van der Waals surface area contributed by atoms with Gasteiger partial charge in [-0.2, -0.15) is 5.26 Å². The number of fused-ring (bicyclic) bond motifs is 2. The number of nitrogens with one attached hydrogen (secondary N) is 1. The van der Waals surface area contributed by atoms with Crippen molar-refractivity contribution in [2.45, 2.75) is 39.8 Å². The van der Waals surface area contributed by atoms with E-state index in [0.29, 0.717) is 29.1 Å². The number of anilines is 2. The summed E-state index contributed by atoms with van der Waals surface area (Å²) in [6.07, 6.45) is 0.839. The van der Waals surface area contributed by atoms with Crippen LogP contribution in [0.15, 0.2) is 24.3 Å². The Morgan fingerprint density at radius 2 is 2.06 bits per heavy atom. The number of carboxylic acid groups (broad SMARTS) is 1. The third-order valence-electron chi connectivity index (χ3n) is 6.07. The molecular weight excluding hydrogens is 498 g/mol. The maximum Gasteiger partial charge on any atom is 0.356 e. The van der Waals surface area contributed by atoms with Gasteiger partial charge in [-0.05, 0) is 44.5 Å². The lowest BCUT2D eigenvalue weighted by Crippen LogP contribution is -2.31. The van der Waals surface area contributed by atoms with Gasteiger partial charge in [-0.3, -0.25) is 0 Å².